The van der Waals surface area contributed by atoms with E-state index in [-0.39, 0.29) is 12.5 Å². The Morgan fingerprint density at radius 1 is 1.53 bits per heavy atom. The first kappa shape index (κ1) is 11.0. The molecule has 0 unspecified atom stereocenters. The van der Waals surface area contributed by atoms with Crippen molar-refractivity contribution < 1.29 is 4.79 Å². The Kier molecular flexibility index (Phi) is 2.98. The molecule has 0 aliphatic rings. The number of anilines is 1. The van der Waals surface area contributed by atoms with E-state index in [9.17, 15) is 4.79 Å². The number of hydrogen-bond donors (Lipinski definition) is 1. The number of hydrogen-bond acceptors (Lipinski definition) is 2. The quantitative estimate of drug-likeness (QED) is 0.489. The summed E-state index contributed by atoms with van der Waals surface area (Å²) in [6, 6.07) is 7.59. The Hall–Kier alpha value is -2.46. The Bertz CT molecular complexity index is 609. The van der Waals surface area contributed by atoms with Crippen LogP contribution in [0, 0.1) is 0 Å². The molecule has 6 nitrogen and oxygen atoms in total. The van der Waals surface area contributed by atoms with Crippen LogP contribution in [0.15, 0.2) is 35.6 Å². The highest BCUT2D eigenvalue weighted by Gasteiger charge is 2.03. The number of nitrogens with one attached hydrogen (secondary N) is 1. The van der Waals surface area contributed by atoms with Gasteiger partial charge in [0.15, 0.2) is 0 Å². The second kappa shape index (κ2) is 4.59. The molecule has 0 aliphatic heterocycles. The molecule has 2 rings (SSSR count). The van der Waals surface area contributed by atoms with Crippen LogP contribution in [0.1, 0.15) is 0 Å². The van der Waals surface area contributed by atoms with Gasteiger partial charge in [0.25, 0.3) is 0 Å². The van der Waals surface area contributed by atoms with E-state index in [1.807, 2.05) is 42.1 Å². The molecule has 0 spiro atoms. The van der Waals surface area contributed by atoms with Crippen LogP contribution in [-0.4, -0.2) is 17.0 Å². The van der Waals surface area contributed by atoms with Crippen LogP contribution in [0.3, 0.4) is 0 Å². The second-order valence-electron chi connectivity index (χ2n) is 3.64. The number of nitrogens with zero attached hydrogens (tertiary/aromatic N) is 4. The molecule has 0 saturated heterocycles. The summed E-state index contributed by atoms with van der Waals surface area (Å²) in [5.74, 6) is -0.321. The van der Waals surface area contributed by atoms with E-state index < -0.39 is 0 Å². The Labute approximate surface area is 97.5 Å². The fraction of sp³-hybridized carbons (Fsp3) is 0.182. The van der Waals surface area contributed by atoms with Crippen molar-refractivity contribution in [2.24, 2.45) is 12.2 Å². The lowest BCUT2D eigenvalue weighted by Gasteiger charge is -2.03. The first-order chi connectivity index (χ1) is 8.20. The molecule has 2 aromatic rings. The van der Waals surface area contributed by atoms with E-state index in [4.69, 9.17) is 5.53 Å². The van der Waals surface area contributed by atoms with Crippen molar-refractivity contribution in [2.75, 3.05) is 11.9 Å². The highest BCUT2D eigenvalue weighted by atomic mass is 16.1. The molecule has 0 fully saturated rings. The molecule has 0 saturated carbocycles. The Morgan fingerprint density at radius 2 is 2.35 bits per heavy atom. The zero-order valence-electron chi connectivity index (χ0n) is 9.29. The number of benzene rings is 1. The van der Waals surface area contributed by atoms with Crippen molar-refractivity contribution in [1.29, 1.82) is 0 Å². The van der Waals surface area contributed by atoms with Crippen molar-refractivity contribution in [1.82, 2.24) is 4.57 Å². The zero-order valence-corrected chi connectivity index (χ0v) is 9.29. The minimum Gasteiger partial charge on any atom is -0.351 e. The van der Waals surface area contributed by atoms with Gasteiger partial charge in [0.1, 0.15) is 6.54 Å². The van der Waals surface area contributed by atoms with Gasteiger partial charge in [-0.25, -0.2) is 0 Å². The third kappa shape index (κ3) is 2.38. The maximum Gasteiger partial charge on any atom is 0.230 e. The Balaban J connectivity index is 2.19. The first-order valence-electron chi connectivity index (χ1n) is 5.06. The maximum atomic E-state index is 11.3. The Morgan fingerprint density at radius 3 is 3.12 bits per heavy atom. The largest absolute Gasteiger partial charge is 0.351 e. The van der Waals surface area contributed by atoms with Crippen molar-refractivity contribution in [3.63, 3.8) is 0 Å². The average Bonchev–Trinajstić information content (AvgIpc) is 2.68. The molecule has 1 aromatic heterocycles. The highest BCUT2D eigenvalue weighted by molar-refractivity contribution is 5.95. The van der Waals surface area contributed by atoms with Crippen molar-refractivity contribution in [2.45, 2.75) is 0 Å². The summed E-state index contributed by atoms with van der Waals surface area (Å²) in [6.45, 7) is -0.191. The fourth-order valence-electron chi connectivity index (χ4n) is 1.66. The zero-order chi connectivity index (χ0) is 12.3. The number of fused-ring (bicyclic) bond motifs is 1. The molecule has 0 aliphatic carbocycles. The summed E-state index contributed by atoms with van der Waals surface area (Å²) in [5.41, 5.74) is 9.89. The molecule has 1 N–H and O–H groups in total. The van der Waals surface area contributed by atoms with Gasteiger partial charge in [-0.15, -0.1) is 0 Å². The third-order valence-corrected chi connectivity index (χ3v) is 2.45. The fourth-order valence-corrected chi connectivity index (χ4v) is 1.66. The average molecular weight is 229 g/mol. The topological polar surface area (TPSA) is 82.8 Å². The van der Waals surface area contributed by atoms with E-state index in [1.54, 1.807) is 0 Å². The van der Waals surface area contributed by atoms with Crippen LogP contribution < -0.4 is 5.32 Å². The SMILES string of the molecule is Cn1ccc2cc(NC(=O)CN=[N+]=[N-])ccc21. The first-order valence-corrected chi connectivity index (χ1v) is 5.06. The monoisotopic (exact) mass is 229 g/mol. The van der Waals surface area contributed by atoms with Crippen LogP contribution in [0.2, 0.25) is 0 Å². The predicted octanol–water partition coefficient (Wildman–Crippen LogP) is 2.43. The summed E-state index contributed by atoms with van der Waals surface area (Å²) in [6.07, 6.45) is 1.95. The van der Waals surface area contributed by atoms with Crippen LogP contribution in [0.25, 0.3) is 21.3 Å². The number of carbonyl (C=O) groups excluding carboxylic acids is 1. The molecule has 86 valence electrons. The lowest BCUT2D eigenvalue weighted by Crippen LogP contribution is -2.14. The third-order valence-electron chi connectivity index (χ3n) is 2.45. The molecule has 0 atom stereocenters. The number of aryl methyl sites for hydroxylation is 1. The maximum absolute atomic E-state index is 11.3. The van der Waals surface area contributed by atoms with Gasteiger partial charge in [0.2, 0.25) is 5.91 Å². The molecular weight excluding hydrogens is 218 g/mol. The van der Waals surface area contributed by atoms with Gasteiger partial charge in [-0.05, 0) is 29.8 Å². The van der Waals surface area contributed by atoms with Crippen LogP contribution in [0.4, 0.5) is 5.69 Å². The summed E-state index contributed by atoms with van der Waals surface area (Å²) in [5, 5.41) is 6.91. The highest BCUT2D eigenvalue weighted by Crippen LogP contribution is 2.19. The number of rotatable bonds is 3. The predicted molar refractivity (Wildman–Crippen MR) is 65.6 cm³/mol. The van der Waals surface area contributed by atoms with Crippen LogP contribution in [0.5, 0.6) is 0 Å². The van der Waals surface area contributed by atoms with Gasteiger partial charge in [0.05, 0.1) is 0 Å². The molecule has 1 aromatic carbocycles. The normalized spacial score (nSPS) is 9.94. The number of azide groups is 1. The summed E-state index contributed by atoms with van der Waals surface area (Å²) in [4.78, 5) is 13.9. The van der Waals surface area contributed by atoms with Gasteiger partial charge in [-0.3, -0.25) is 4.79 Å². The number of carbonyl (C=O) groups is 1. The van der Waals surface area contributed by atoms with Crippen molar-refractivity contribution in [3.05, 3.63) is 40.9 Å². The van der Waals surface area contributed by atoms with E-state index in [0.29, 0.717) is 5.69 Å². The van der Waals surface area contributed by atoms with E-state index in [0.717, 1.165) is 10.9 Å². The van der Waals surface area contributed by atoms with E-state index in [2.05, 4.69) is 15.3 Å². The van der Waals surface area contributed by atoms with E-state index >= 15 is 0 Å². The molecule has 0 bridgehead atoms. The minimum absolute atomic E-state index is 0.191. The van der Waals surface area contributed by atoms with Crippen molar-refractivity contribution in [3.8, 4) is 0 Å². The lowest BCUT2D eigenvalue weighted by atomic mass is 10.2. The molecule has 0 radical (unpaired) electrons. The van der Waals surface area contributed by atoms with Gasteiger partial charge < -0.3 is 9.88 Å². The van der Waals surface area contributed by atoms with Crippen LogP contribution >= 0.6 is 0 Å². The minimum atomic E-state index is -0.321. The van der Waals surface area contributed by atoms with Gasteiger partial charge >= 0.3 is 0 Å². The second-order valence-corrected chi connectivity index (χ2v) is 3.64. The van der Waals surface area contributed by atoms with Gasteiger partial charge in [0, 0.05) is 34.7 Å². The van der Waals surface area contributed by atoms with Crippen molar-refractivity contribution >= 4 is 22.5 Å². The molecular formula is C11H11N5O. The molecule has 6 heteroatoms. The summed E-state index contributed by atoms with van der Waals surface area (Å²) in [7, 11) is 1.96. The number of amides is 1. The number of aromatic nitrogens is 1. The van der Waals surface area contributed by atoms with Gasteiger partial charge in [-0.2, -0.15) is 0 Å². The van der Waals surface area contributed by atoms with Crippen LogP contribution in [-0.2, 0) is 11.8 Å². The van der Waals surface area contributed by atoms with E-state index in [1.165, 1.54) is 0 Å². The molecule has 1 amide bonds. The lowest BCUT2D eigenvalue weighted by molar-refractivity contribution is -0.114. The molecule has 17 heavy (non-hydrogen) atoms. The van der Waals surface area contributed by atoms with Gasteiger partial charge in [-0.1, -0.05) is 5.11 Å². The molecule has 1 heterocycles. The standard InChI is InChI=1S/C11H11N5O/c1-16-5-4-8-6-9(2-3-10(8)16)14-11(17)7-13-15-12/h2-6H,7H2,1H3,(H,14,17). The summed E-state index contributed by atoms with van der Waals surface area (Å²) >= 11 is 0. The smallest absolute Gasteiger partial charge is 0.230 e. The summed E-state index contributed by atoms with van der Waals surface area (Å²) < 4.78 is 2.00.